The molecule has 0 amide bonds. The lowest BCUT2D eigenvalue weighted by Gasteiger charge is -2.34. The minimum atomic E-state index is -0.777. The number of aromatic nitrogens is 1. The summed E-state index contributed by atoms with van der Waals surface area (Å²) in [5, 5.41) is 16.1. The average Bonchev–Trinajstić information content (AvgIpc) is 3.11. The molecular weight excluding hydrogens is 306 g/mol. The summed E-state index contributed by atoms with van der Waals surface area (Å²) in [6.45, 7) is 5.67. The van der Waals surface area contributed by atoms with Crippen molar-refractivity contribution in [3.8, 4) is 0 Å². The molecule has 4 nitrogen and oxygen atoms in total. The van der Waals surface area contributed by atoms with Crippen molar-refractivity contribution in [1.82, 2.24) is 15.2 Å². The molecule has 0 bridgehead atoms. The van der Waals surface area contributed by atoms with Gasteiger partial charge < -0.3 is 10.4 Å². The summed E-state index contributed by atoms with van der Waals surface area (Å²) in [5.41, 5.74) is 0.501. The molecule has 2 aromatic heterocycles. The smallest absolute Gasteiger partial charge is 0.108 e. The van der Waals surface area contributed by atoms with Crippen LogP contribution in [0.1, 0.15) is 30.2 Å². The number of likely N-dealkylation sites (tertiary alicyclic amines) is 1. The third kappa shape index (κ3) is 4.61. The van der Waals surface area contributed by atoms with Gasteiger partial charge in [-0.05, 0) is 55.9 Å². The van der Waals surface area contributed by atoms with E-state index < -0.39 is 5.60 Å². The zero-order chi connectivity index (χ0) is 16.1. The van der Waals surface area contributed by atoms with E-state index in [1.54, 1.807) is 11.3 Å². The van der Waals surface area contributed by atoms with Gasteiger partial charge in [-0.15, -0.1) is 11.3 Å². The lowest BCUT2D eigenvalue weighted by molar-refractivity contribution is 0.0535. The molecule has 2 N–H and O–H groups in total. The highest BCUT2D eigenvalue weighted by Crippen LogP contribution is 2.25. The monoisotopic (exact) mass is 331 g/mol. The predicted molar refractivity (Wildman–Crippen MR) is 94.4 cm³/mol. The standard InChI is InChI=1S/C18H25N3OS/c1-18(22,17-5-3-11-23-17)14-20-16-6-9-21(10-7-16)13-15-4-2-8-19-12-15/h2-5,8,11-12,16,20,22H,6-7,9-10,13-14H2,1H3. The number of hydrogen-bond acceptors (Lipinski definition) is 5. The van der Waals surface area contributed by atoms with Crippen LogP contribution >= 0.6 is 11.3 Å². The number of nitrogens with one attached hydrogen (secondary N) is 1. The van der Waals surface area contributed by atoms with Gasteiger partial charge in [-0.1, -0.05) is 12.1 Å². The largest absolute Gasteiger partial charge is 0.383 e. The second-order valence-electron chi connectivity index (χ2n) is 6.54. The second kappa shape index (κ2) is 7.53. The summed E-state index contributed by atoms with van der Waals surface area (Å²) >= 11 is 1.61. The molecule has 0 aromatic carbocycles. The highest BCUT2D eigenvalue weighted by Gasteiger charge is 2.26. The first-order chi connectivity index (χ1) is 11.1. The van der Waals surface area contributed by atoms with Crippen molar-refractivity contribution in [2.45, 2.75) is 38.0 Å². The Kier molecular flexibility index (Phi) is 5.43. The molecule has 1 aliphatic rings. The lowest BCUT2D eigenvalue weighted by Crippen LogP contribution is -2.46. The van der Waals surface area contributed by atoms with Crippen LogP contribution in [0.5, 0.6) is 0 Å². The Balaban J connectivity index is 1.43. The van der Waals surface area contributed by atoms with Crippen LogP contribution in [-0.2, 0) is 12.1 Å². The molecule has 1 atom stereocenters. The first kappa shape index (κ1) is 16.6. The second-order valence-corrected chi connectivity index (χ2v) is 7.49. The molecule has 124 valence electrons. The van der Waals surface area contributed by atoms with Crippen LogP contribution in [-0.4, -0.2) is 40.7 Å². The number of aliphatic hydroxyl groups is 1. The topological polar surface area (TPSA) is 48.4 Å². The van der Waals surface area contributed by atoms with Crippen molar-refractivity contribution >= 4 is 11.3 Å². The number of piperidine rings is 1. The van der Waals surface area contributed by atoms with E-state index in [9.17, 15) is 5.11 Å². The molecule has 0 radical (unpaired) electrons. The highest BCUT2D eigenvalue weighted by molar-refractivity contribution is 7.10. The van der Waals surface area contributed by atoms with E-state index in [1.165, 1.54) is 5.56 Å². The van der Waals surface area contributed by atoms with Crippen molar-refractivity contribution in [2.24, 2.45) is 0 Å². The molecule has 2 aromatic rings. The highest BCUT2D eigenvalue weighted by atomic mass is 32.1. The van der Waals surface area contributed by atoms with Crippen molar-refractivity contribution in [3.63, 3.8) is 0 Å². The van der Waals surface area contributed by atoms with E-state index in [0.29, 0.717) is 12.6 Å². The number of thiophene rings is 1. The van der Waals surface area contributed by atoms with Gasteiger partial charge in [0.05, 0.1) is 0 Å². The average molecular weight is 331 g/mol. The van der Waals surface area contributed by atoms with E-state index in [4.69, 9.17) is 0 Å². The molecule has 5 heteroatoms. The van der Waals surface area contributed by atoms with E-state index in [1.807, 2.05) is 42.9 Å². The summed E-state index contributed by atoms with van der Waals surface area (Å²) in [7, 11) is 0. The van der Waals surface area contributed by atoms with Crippen molar-refractivity contribution < 1.29 is 5.11 Å². The molecule has 0 saturated carbocycles. The quantitative estimate of drug-likeness (QED) is 0.854. The van der Waals surface area contributed by atoms with Crippen molar-refractivity contribution in [1.29, 1.82) is 0 Å². The molecule has 1 saturated heterocycles. The van der Waals surface area contributed by atoms with Gasteiger partial charge in [-0.25, -0.2) is 0 Å². The molecule has 1 aliphatic heterocycles. The first-order valence-electron chi connectivity index (χ1n) is 8.24. The van der Waals surface area contributed by atoms with E-state index in [2.05, 4.69) is 21.3 Å². The molecule has 23 heavy (non-hydrogen) atoms. The number of hydrogen-bond donors (Lipinski definition) is 2. The van der Waals surface area contributed by atoms with Crippen LogP contribution in [0.2, 0.25) is 0 Å². The van der Waals surface area contributed by atoms with Gasteiger partial charge in [0.2, 0.25) is 0 Å². The molecule has 3 rings (SSSR count). The summed E-state index contributed by atoms with van der Waals surface area (Å²) in [5.74, 6) is 0. The van der Waals surface area contributed by atoms with E-state index >= 15 is 0 Å². The number of pyridine rings is 1. The summed E-state index contributed by atoms with van der Waals surface area (Å²) < 4.78 is 0. The summed E-state index contributed by atoms with van der Waals surface area (Å²) in [6.07, 6.45) is 6.02. The minimum absolute atomic E-state index is 0.492. The van der Waals surface area contributed by atoms with Gasteiger partial charge in [0.1, 0.15) is 5.60 Å². The van der Waals surface area contributed by atoms with Crippen LogP contribution in [0, 0.1) is 0 Å². The maximum Gasteiger partial charge on any atom is 0.108 e. The van der Waals surface area contributed by atoms with E-state index in [0.717, 1.165) is 37.4 Å². The zero-order valence-corrected chi connectivity index (χ0v) is 14.4. The third-order valence-corrected chi connectivity index (χ3v) is 5.63. The third-order valence-electron chi connectivity index (χ3n) is 4.50. The zero-order valence-electron chi connectivity index (χ0n) is 13.6. The van der Waals surface area contributed by atoms with Gasteiger partial charge in [0.15, 0.2) is 0 Å². The van der Waals surface area contributed by atoms with Gasteiger partial charge in [0, 0.05) is 36.4 Å². The number of nitrogens with zero attached hydrogens (tertiary/aromatic N) is 2. The normalized spacial score (nSPS) is 19.6. The SMILES string of the molecule is CC(O)(CNC1CCN(Cc2cccnc2)CC1)c1cccs1. The Morgan fingerprint density at radius 3 is 2.83 bits per heavy atom. The Hall–Kier alpha value is -1.27. The molecule has 1 unspecified atom stereocenters. The van der Waals surface area contributed by atoms with Gasteiger partial charge in [-0.3, -0.25) is 9.88 Å². The Morgan fingerprint density at radius 2 is 2.17 bits per heavy atom. The first-order valence-corrected chi connectivity index (χ1v) is 9.12. The van der Waals surface area contributed by atoms with Crippen LogP contribution < -0.4 is 5.32 Å². The summed E-state index contributed by atoms with van der Waals surface area (Å²) in [4.78, 5) is 7.69. The van der Waals surface area contributed by atoms with Gasteiger partial charge >= 0.3 is 0 Å². The minimum Gasteiger partial charge on any atom is -0.383 e. The fraction of sp³-hybridized carbons (Fsp3) is 0.500. The molecule has 3 heterocycles. The van der Waals surface area contributed by atoms with Gasteiger partial charge in [-0.2, -0.15) is 0 Å². The van der Waals surface area contributed by atoms with Crippen molar-refractivity contribution in [3.05, 3.63) is 52.5 Å². The van der Waals surface area contributed by atoms with Gasteiger partial charge in [0.25, 0.3) is 0 Å². The lowest BCUT2D eigenvalue weighted by atomic mass is 10.0. The van der Waals surface area contributed by atoms with Crippen molar-refractivity contribution in [2.75, 3.05) is 19.6 Å². The number of rotatable bonds is 6. The van der Waals surface area contributed by atoms with Crippen LogP contribution in [0.15, 0.2) is 42.0 Å². The fourth-order valence-corrected chi connectivity index (χ4v) is 3.85. The van der Waals surface area contributed by atoms with Crippen LogP contribution in [0.4, 0.5) is 0 Å². The summed E-state index contributed by atoms with van der Waals surface area (Å²) in [6, 6.07) is 8.62. The van der Waals surface area contributed by atoms with E-state index in [-0.39, 0.29) is 0 Å². The molecule has 0 aliphatic carbocycles. The maximum atomic E-state index is 10.6. The Morgan fingerprint density at radius 1 is 1.35 bits per heavy atom. The Bertz CT molecular complexity index is 578. The fourth-order valence-electron chi connectivity index (χ4n) is 3.06. The van der Waals surface area contributed by atoms with Crippen LogP contribution in [0.3, 0.4) is 0 Å². The molecular formula is C18H25N3OS. The van der Waals surface area contributed by atoms with Crippen LogP contribution in [0.25, 0.3) is 0 Å². The molecule has 1 fully saturated rings. The predicted octanol–water partition coefficient (Wildman–Crippen LogP) is 2.60. The maximum absolute atomic E-state index is 10.6. The Labute approximate surface area is 142 Å². The molecule has 0 spiro atoms.